The van der Waals surface area contributed by atoms with E-state index in [9.17, 15) is 9.59 Å². The first-order valence-corrected chi connectivity index (χ1v) is 11.0. The molecule has 0 radical (unpaired) electrons. The van der Waals surface area contributed by atoms with Crippen LogP contribution in [0.4, 0.5) is 0 Å². The van der Waals surface area contributed by atoms with Gasteiger partial charge in [-0.3, -0.25) is 9.59 Å². The van der Waals surface area contributed by atoms with Gasteiger partial charge < -0.3 is 15.0 Å². The summed E-state index contributed by atoms with van der Waals surface area (Å²) in [7, 11) is 0. The number of hydrogen-bond acceptors (Lipinski definition) is 5. The molecule has 1 aromatic carbocycles. The van der Waals surface area contributed by atoms with Crippen LogP contribution in [0.25, 0.3) is 5.65 Å². The van der Waals surface area contributed by atoms with Gasteiger partial charge in [0.05, 0.1) is 12.3 Å². The molecule has 8 nitrogen and oxygen atoms in total. The lowest BCUT2D eigenvalue weighted by Gasteiger charge is -2.32. The van der Waals surface area contributed by atoms with E-state index in [-0.39, 0.29) is 17.9 Å². The Kier molecular flexibility index (Phi) is 6.12. The molecular weight excluding hydrogens is 406 g/mol. The summed E-state index contributed by atoms with van der Waals surface area (Å²) in [6.45, 7) is 9.41. The molecule has 0 bridgehead atoms. The normalized spacial score (nSPS) is 14.6. The summed E-state index contributed by atoms with van der Waals surface area (Å²) >= 11 is 0. The fourth-order valence-corrected chi connectivity index (χ4v) is 4.22. The summed E-state index contributed by atoms with van der Waals surface area (Å²) in [5.74, 6) is 0.603. The van der Waals surface area contributed by atoms with Gasteiger partial charge in [-0.1, -0.05) is 0 Å². The highest BCUT2D eigenvalue weighted by molar-refractivity contribution is 6.01. The van der Waals surface area contributed by atoms with Crippen molar-refractivity contribution in [1.82, 2.24) is 24.8 Å². The lowest BCUT2D eigenvalue weighted by atomic mass is 10.0. The predicted molar refractivity (Wildman–Crippen MR) is 121 cm³/mol. The average Bonchev–Trinajstić information content (AvgIpc) is 3.11. The molecule has 0 atom stereocenters. The van der Waals surface area contributed by atoms with Crippen molar-refractivity contribution in [1.29, 1.82) is 0 Å². The summed E-state index contributed by atoms with van der Waals surface area (Å²) in [4.78, 5) is 32.3. The number of nitrogens with zero attached hydrogens (tertiary/aromatic N) is 4. The minimum absolute atomic E-state index is 0.00597. The first kappa shape index (κ1) is 21.8. The number of rotatable bonds is 5. The monoisotopic (exact) mass is 435 g/mol. The van der Waals surface area contributed by atoms with Crippen LogP contribution >= 0.6 is 0 Å². The second-order valence-corrected chi connectivity index (χ2v) is 8.23. The third-order valence-corrected chi connectivity index (χ3v) is 5.83. The van der Waals surface area contributed by atoms with Crippen molar-refractivity contribution in [3.8, 4) is 5.75 Å². The number of hydrogen-bond donors (Lipinski definition) is 1. The number of aromatic nitrogens is 3. The summed E-state index contributed by atoms with van der Waals surface area (Å²) in [5, 5.41) is 7.61. The van der Waals surface area contributed by atoms with Crippen molar-refractivity contribution in [2.75, 3.05) is 19.7 Å². The van der Waals surface area contributed by atoms with E-state index in [2.05, 4.69) is 15.4 Å². The number of carbonyl (C=O) groups is 2. The topological polar surface area (TPSA) is 88.8 Å². The van der Waals surface area contributed by atoms with E-state index in [1.807, 2.05) is 50.8 Å². The van der Waals surface area contributed by atoms with Crippen LogP contribution in [0.3, 0.4) is 0 Å². The smallest absolute Gasteiger partial charge is 0.257 e. The molecule has 1 saturated heterocycles. The Balaban J connectivity index is 1.39. The molecule has 2 amide bonds. The number of likely N-dealkylation sites (tertiary alicyclic amines) is 1. The van der Waals surface area contributed by atoms with Crippen molar-refractivity contribution in [2.45, 2.75) is 46.6 Å². The molecule has 32 heavy (non-hydrogen) atoms. The minimum Gasteiger partial charge on any atom is -0.494 e. The van der Waals surface area contributed by atoms with Crippen LogP contribution in [0.1, 0.15) is 57.6 Å². The maximum absolute atomic E-state index is 13.1. The largest absolute Gasteiger partial charge is 0.494 e. The quantitative estimate of drug-likeness (QED) is 0.665. The number of aryl methyl sites for hydroxylation is 3. The second kappa shape index (κ2) is 8.98. The molecule has 0 spiro atoms. The molecule has 0 aliphatic carbocycles. The molecule has 168 valence electrons. The van der Waals surface area contributed by atoms with Gasteiger partial charge in [0.2, 0.25) is 0 Å². The summed E-state index contributed by atoms with van der Waals surface area (Å²) in [6.07, 6.45) is 1.41. The fraction of sp³-hybridized carbons (Fsp3) is 0.417. The van der Waals surface area contributed by atoms with E-state index in [0.29, 0.717) is 55.0 Å². The van der Waals surface area contributed by atoms with Crippen LogP contribution in [0.5, 0.6) is 5.75 Å². The average molecular weight is 436 g/mol. The van der Waals surface area contributed by atoms with E-state index >= 15 is 0 Å². The molecule has 0 saturated carbocycles. The number of benzene rings is 1. The third kappa shape index (κ3) is 4.30. The summed E-state index contributed by atoms with van der Waals surface area (Å²) < 4.78 is 7.16. The van der Waals surface area contributed by atoms with Crippen molar-refractivity contribution >= 4 is 17.5 Å². The highest BCUT2D eigenvalue weighted by Crippen LogP contribution is 2.20. The number of piperidine rings is 1. The van der Waals surface area contributed by atoms with E-state index in [1.165, 1.54) is 0 Å². The van der Waals surface area contributed by atoms with Gasteiger partial charge in [0.1, 0.15) is 11.3 Å². The molecular formula is C24H29N5O3. The third-order valence-electron chi connectivity index (χ3n) is 5.83. The Morgan fingerprint density at radius 2 is 1.81 bits per heavy atom. The first-order chi connectivity index (χ1) is 15.4. The van der Waals surface area contributed by atoms with Crippen molar-refractivity contribution < 1.29 is 14.3 Å². The molecule has 1 fully saturated rings. The van der Waals surface area contributed by atoms with Crippen molar-refractivity contribution in [3.05, 3.63) is 58.5 Å². The van der Waals surface area contributed by atoms with Crippen LogP contribution in [0.15, 0.2) is 30.3 Å². The second-order valence-electron chi connectivity index (χ2n) is 8.23. The lowest BCUT2D eigenvalue weighted by molar-refractivity contribution is 0.0698. The van der Waals surface area contributed by atoms with E-state index in [0.717, 1.165) is 17.1 Å². The minimum atomic E-state index is -0.161. The Morgan fingerprint density at radius 3 is 2.47 bits per heavy atom. The number of carbonyl (C=O) groups excluding carboxylic acids is 2. The van der Waals surface area contributed by atoms with Gasteiger partial charge in [-0.2, -0.15) is 5.10 Å². The lowest BCUT2D eigenvalue weighted by Crippen LogP contribution is -2.46. The Bertz CT molecular complexity index is 1140. The SMILES string of the molecule is CCOc1ccc(C(=O)N2CCC(NC(=O)c3c(C)nn4c(C)cc(C)nc34)CC2)cc1. The zero-order valence-electron chi connectivity index (χ0n) is 19.0. The zero-order chi connectivity index (χ0) is 22.8. The van der Waals surface area contributed by atoms with Gasteiger partial charge >= 0.3 is 0 Å². The molecule has 3 heterocycles. The van der Waals surface area contributed by atoms with Gasteiger partial charge in [-0.15, -0.1) is 0 Å². The molecule has 8 heteroatoms. The van der Waals surface area contributed by atoms with Gasteiger partial charge in [-0.25, -0.2) is 9.50 Å². The first-order valence-electron chi connectivity index (χ1n) is 11.0. The molecule has 4 rings (SSSR count). The molecule has 0 unspecified atom stereocenters. The zero-order valence-corrected chi connectivity index (χ0v) is 19.0. The van der Waals surface area contributed by atoms with Crippen molar-refractivity contribution in [2.24, 2.45) is 0 Å². The molecule has 1 N–H and O–H groups in total. The summed E-state index contributed by atoms with van der Waals surface area (Å²) in [6, 6.07) is 9.18. The fourth-order valence-electron chi connectivity index (χ4n) is 4.22. The van der Waals surface area contributed by atoms with Crippen LogP contribution < -0.4 is 10.1 Å². The van der Waals surface area contributed by atoms with Gasteiger partial charge in [-0.05, 0) is 70.9 Å². The van der Waals surface area contributed by atoms with Crippen LogP contribution in [-0.4, -0.2) is 57.1 Å². The van der Waals surface area contributed by atoms with E-state index < -0.39 is 0 Å². The molecule has 1 aliphatic rings. The Morgan fingerprint density at radius 1 is 1.12 bits per heavy atom. The number of nitrogens with one attached hydrogen (secondary N) is 1. The molecule has 3 aromatic rings. The van der Waals surface area contributed by atoms with Crippen LogP contribution in [0.2, 0.25) is 0 Å². The molecule has 2 aromatic heterocycles. The number of ether oxygens (including phenoxy) is 1. The van der Waals surface area contributed by atoms with E-state index in [1.54, 1.807) is 16.6 Å². The highest BCUT2D eigenvalue weighted by Gasteiger charge is 2.27. The Labute approximate surface area is 187 Å². The van der Waals surface area contributed by atoms with Gasteiger partial charge in [0.25, 0.3) is 11.8 Å². The highest BCUT2D eigenvalue weighted by atomic mass is 16.5. The Hall–Kier alpha value is -3.42. The van der Waals surface area contributed by atoms with Crippen molar-refractivity contribution in [3.63, 3.8) is 0 Å². The number of fused-ring (bicyclic) bond motifs is 1. The predicted octanol–water partition coefficient (Wildman–Crippen LogP) is 3.09. The standard InChI is InChI=1S/C24H29N5O3/c1-5-32-20-8-6-18(7-9-20)24(31)28-12-10-19(11-13-28)26-23(30)21-17(4)27-29-16(3)14-15(2)25-22(21)29/h6-9,14,19H,5,10-13H2,1-4H3,(H,26,30). The number of amides is 2. The van der Waals surface area contributed by atoms with Gasteiger partial charge in [0.15, 0.2) is 5.65 Å². The maximum Gasteiger partial charge on any atom is 0.257 e. The molecule has 1 aliphatic heterocycles. The van der Waals surface area contributed by atoms with E-state index in [4.69, 9.17) is 4.74 Å². The van der Waals surface area contributed by atoms with Crippen LogP contribution in [-0.2, 0) is 0 Å². The maximum atomic E-state index is 13.1. The van der Waals surface area contributed by atoms with Gasteiger partial charge in [0, 0.05) is 36.1 Å². The van der Waals surface area contributed by atoms with Crippen LogP contribution in [0, 0.1) is 20.8 Å². The summed E-state index contributed by atoms with van der Waals surface area (Å²) in [5.41, 5.74) is 4.20.